The molecule has 2 saturated heterocycles. The van der Waals surface area contributed by atoms with E-state index in [1.165, 1.54) is 51.4 Å². The average Bonchev–Trinajstić information content (AvgIpc) is 2.93. The van der Waals surface area contributed by atoms with Gasteiger partial charge in [-0.15, -0.1) is 0 Å². The molecule has 23 heavy (non-hydrogen) atoms. The van der Waals surface area contributed by atoms with Gasteiger partial charge in [0.1, 0.15) is 0 Å². The molecular weight excluding hydrogens is 422 g/mol. The van der Waals surface area contributed by atoms with E-state index in [0.717, 1.165) is 37.6 Å². The minimum Gasteiger partial charge on any atom is -0.297 e. The molecule has 2 aliphatic rings. The molecule has 0 aromatic carbocycles. The lowest BCUT2D eigenvalue weighted by Gasteiger charge is -2.19. The summed E-state index contributed by atoms with van der Waals surface area (Å²) in [5, 5.41) is 14.0. The van der Waals surface area contributed by atoms with Gasteiger partial charge in [0.2, 0.25) is 0 Å². The topological polar surface area (TPSA) is 43.2 Å². The lowest BCUT2D eigenvalue weighted by atomic mass is 10.2. The predicted octanol–water partition coefficient (Wildman–Crippen LogP) is 4.69. The van der Waals surface area contributed by atoms with E-state index in [1.807, 2.05) is 0 Å². The van der Waals surface area contributed by atoms with Crippen LogP contribution in [0.25, 0.3) is 0 Å². The van der Waals surface area contributed by atoms with Crippen molar-refractivity contribution < 1.29 is 0 Å². The number of halogens is 2. The fourth-order valence-corrected chi connectivity index (χ4v) is 2.88. The van der Waals surface area contributed by atoms with E-state index in [0.29, 0.717) is 0 Å². The summed E-state index contributed by atoms with van der Waals surface area (Å²) in [5.74, 6) is 0. The Kier molecular flexibility index (Phi) is 12.0. The third-order valence-corrected chi connectivity index (χ3v) is 4.27. The molecule has 1 N–H and O–H groups in total. The summed E-state index contributed by atoms with van der Waals surface area (Å²) >= 11 is 5.62. The fourth-order valence-electron chi connectivity index (χ4n) is 2.88. The Morgan fingerprint density at radius 3 is 1.17 bits per heavy atom. The smallest absolute Gasteiger partial charge is 0.0803 e. The number of hydrazone groups is 2. The maximum absolute atomic E-state index is 4.78. The van der Waals surface area contributed by atoms with E-state index in [4.69, 9.17) is 10.2 Å². The highest BCUT2D eigenvalue weighted by Gasteiger charge is 2.10. The summed E-state index contributed by atoms with van der Waals surface area (Å²) in [6.45, 7) is 8.62. The van der Waals surface area contributed by atoms with Gasteiger partial charge in [0.05, 0.1) is 11.4 Å². The molecule has 134 valence electrons. The van der Waals surface area contributed by atoms with E-state index < -0.39 is 0 Å². The molecule has 0 atom stereocenters. The third kappa shape index (κ3) is 9.67. The molecule has 0 saturated carbocycles. The van der Waals surface area contributed by atoms with Gasteiger partial charge in [-0.25, -0.2) is 0 Å². The van der Waals surface area contributed by atoms with Crippen LogP contribution in [-0.4, -0.2) is 47.6 Å². The molecule has 2 heterocycles. The first-order valence-corrected chi connectivity index (χ1v) is 10.3. The normalized spacial score (nSPS) is 21.2. The van der Waals surface area contributed by atoms with Crippen molar-refractivity contribution in [3.05, 3.63) is 0 Å². The largest absolute Gasteiger partial charge is 0.297 e. The van der Waals surface area contributed by atoms with Gasteiger partial charge in [0.25, 0.3) is 0 Å². The van der Waals surface area contributed by atoms with Crippen LogP contribution in [0.1, 0.15) is 65.2 Å². The molecule has 0 unspecified atom stereocenters. The first-order chi connectivity index (χ1) is 11.2. The van der Waals surface area contributed by atoms with Gasteiger partial charge in [-0.2, -0.15) is 13.6 Å². The Morgan fingerprint density at radius 1 is 0.652 bits per heavy atom. The second-order valence-corrected chi connectivity index (χ2v) is 8.04. The van der Waals surface area contributed by atoms with Gasteiger partial charge in [-0.3, -0.25) is 10.0 Å². The van der Waals surface area contributed by atoms with E-state index in [9.17, 15) is 0 Å². The van der Waals surface area contributed by atoms with Crippen LogP contribution < -0.4 is 3.37 Å². The SMILES string of the molecule is BrNBr.CC(=N\N1CCCCCC1)/C(C)=N/N1CCCCCC1. The van der Waals surface area contributed by atoms with Crippen LogP contribution in [0.2, 0.25) is 0 Å². The van der Waals surface area contributed by atoms with Gasteiger partial charge in [-0.05, 0) is 39.5 Å². The molecule has 0 radical (unpaired) electrons. The zero-order valence-corrected chi connectivity index (χ0v) is 17.7. The van der Waals surface area contributed by atoms with Crippen LogP contribution in [0.5, 0.6) is 0 Å². The monoisotopic (exact) mass is 451 g/mol. The van der Waals surface area contributed by atoms with Gasteiger partial charge < -0.3 is 0 Å². The minimum absolute atomic E-state index is 1.08. The Morgan fingerprint density at radius 2 is 0.913 bits per heavy atom. The molecule has 2 rings (SSSR count). The zero-order chi connectivity index (χ0) is 16.9. The van der Waals surface area contributed by atoms with E-state index in [2.05, 4.69) is 59.5 Å². The van der Waals surface area contributed by atoms with Crippen molar-refractivity contribution in [2.75, 3.05) is 26.2 Å². The molecule has 5 nitrogen and oxygen atoms in total. The molecule has 0 amide bonds. The molecule has 2 aliphatic heterocycles. The Hall–Kier alpha value is -0.140. The number of rotatable bonds is 3. The summed E-state index contributed by atoms with van der Waals surface area (Å²) in [7, 11) is 0. The van der Waals surface area contributed by atoms with Crippen LogP contribution in [0.4, 0.5) is 0 Å². The number of nitrogens with zero attached hydrogens (tertiary/aromatic N) is 4. The highest BCUT2D eigenvalue weighted by atomic mass is 79.9. The molecule has 0 aromatic rings. The number of hydrogen-bond acceptors (Lipinski definition) is 5. The molecule has 0 aliphatic carbocycles. The third-order valence-electron chi connectivity index (χ3n) is 4.27. The molecule has 0 aromatic heterocycles. The fraction of sp³-hybridized carbons (Fsp3) is 0.875. The predicted molar refractivity (Wildman–Crippen MR) is 107 cm³/mol. The van der Waals surface area contributed by atoms with Crippen molar-refractivity contribution in [2.24, 2.45) is 10.2 Å². The zero-order valence-electron chi connectivity index (χ0n) is 14.5. The molecule has 7 heteroatoms. The summed E-state index contributed by atoms with van der Waals surface area (Å²) < 4.78 is 2.38. The maximum atomic E-state index is 4.78. The standard InChI is InChI=1S/C16H30N4.Br2HN/c1-15(17-19-11-7-3-4-8-12-19)16(2)18-20-13-9-5-6-10-14-20;1-3-2/h3-14H2,1-2H3;3H/b17-15+,18-16+;. The second kappa shape index (κ2) is 13.2. The van der Waals surface area contributed by atoms with Gasteiger partial charge in [0.15, 0.2) is 0 Å². The summed E-state index contributed by atoms with van der Waals surface area (Å²) in [4.78, 5) is 0. The van der Waals surface area contributed by atoms with Crippen molar-refractivity contribution in [3.63, 3.8) is 0 Å². The highest BCUT2D eigenvalue weighted by Crippen LogP contribution is 2.11. The van der Waals surface area contributed by atoms with Crippen LogP contribution >= 0.6 is 32.3 Å². The molecule has 0 bridgehead atoms. The van der Waals surface area contributed by atoms with E-state index in [1.54, 1.807) is 0 Å². The van der Waals surface area contributed by atoms with Crippen molar-refractivity contribution in [2.45, 2.75) is 65.2 Å². The summed E-state index contributed by atoms with van der Waals surface area (Å²) in [6, 6.07) is 0. The molecule has 2 fully saturated rings. The highest BCUT2D eigenvalue weighted by molar-refractivity contribution is 9.21. The maximum Gasteiger partial charge on any atom is 0.0803 e. The first-order valence-electron chi connectivity index (χ1n) is 8.74. The van der Waals surface area contributed by atoms with Crippen molar-refractivity contribution in [3.8, 4) is 0 Å². The van der Waals surface area contributed by atoms with Crippen molar-refractivity contribution in [1.29, 1.82) is 0 Å². The first kappa shape index (κ1) is 20.9. The van der Waals surface area contributed by atoms with Crippen LogP contribution in [-0.2, 0) is 0 Å². The van der Waals surface area contributed by atoms with Gasteiger partial charge in [0, 0.05) is 58.5 Å². The minimum atomic E-state index is 1.08. The van der Waals surface area contributed by atoms with Crippen molar-refractivity contribution >= 4 is 43.7 Å². The van der Waals surface area contributed by atoms with Crippen molar-refractivity contribution in [1.82, 2.24) is 13.4 Å². The van der Waals surface area contributed by atoms with E-state index in [-0.39, 0.29) is 0 Å². The lowest BCUT2D eigenvalue weighted by Crippen LogP contribution is -2.25. The van der Waals surface area contributed by atoms with Crippen LogP contribution in [0, 0.1) is 0 Å². The van der Waals surface area contributed by atoms with Gasteiger partial charge in [-0.1, -0.05) is 25.7 Å². The summed E-state index contributed by atoms with van der Waals surface area (Å²) in [6.07, 6.45) is 10.5. The van der Waals surface area contributed by atoms with E-state index >= 15 is 0 Å². The van der Waals surface area contributed by atoms with Gasteiger partial charge >= 0.3 is 0 Å². The van der Waals surface area contributed by atoms with Crippen LogP contribution in [0.15, 0.2) is 10.2 Å². The lowest BCUT2D eigenvalue weighted by molar-refractivity contribution is 0.297. The average molecular weight is 453 g/mol. The Balaban J connectivity index is 0.000000816. The number of nitrogens with one attached hydrogen (secondary N) is 1. The quantitative estimate of drug-likeness (QED) is 0.499. The second-order valence-electron chi connectivity index (χ2n) is 6.18. The molecular formula is C16H31Br2N5. The van der Waals surface area contributed by atoms with Crippen LogP contribution in [0.3, 0.4) is 0 Å². The Labute approximate surface area is 158 Å². The Bertz CT molecular complexity index is 323. The molecule has 0 spiro atoms. The summed E-state index contributed by atoms with van der Waals surface area (Å²) in [5.41, 5.74) is 2.16. The number of hydrogen-bond donors (Lipinski definition) is 1.